The van der Waals surface area contributed by atoms with Crippen molar-refractivity contribution in [2.45, 2.75) is 58.0 Å². The number of aliphatic hydroxyl groups is 1. The Labute approximate surface area is 127 Å². The molecular weight excluding hydrogens is 262 g/mol. The van der Waals surface area contributed by atoms with Crippen molar-refractivity contribution in [1.82, 2.24) is 4.90 Å². The fraction of sp³-hybridized carbons (Fsp3) is 0.667. The second-order valence-electron chi connectivity index (χ2n) is 7.61. The van der Waals surface area contributed by atoms with Crippen molar-refractivity contribution >= 4 is 0 Å². The van der Waals surface area contributed by atoms with Crippen molar-refractivity contribution in [3.63, 3.8) is 0 Å². The van der Waals surface area contributed by atoms with Crippen LogP contribution >= 0.6 is 0 Å². The van der Waals surface area contributed by atoms with Crippen molar-refractivity contribution in [2.24, 2.45) is 5.92 Å². The highest BCUT2D eigenvalue weighted by atomic mass is 16.5. The minimum absolute atomic E-state index is 0.151. The van der Waals surface area contributed by atoms with E-state index in [0.29, 0.717) is 0 Å². The lowest BCUT2D eigenvalue weighted by molar-refractivity contribution is -0.0914. The Balaban J connectivity index is 1.73. The first kappa shape index (κ1) is 15.0. The number of rotatable bonds is 2. The number of benzene rings is 1. The van der Waals surface area contributed by atoms with Gasteiger partial charge in [0.25, 0.3) is 0 Å². The van der Waals surface area contributed by atoms with Gasteiger partial charge in [0.2, 0.25) is 0 Å². The van der Waals surface area contributed by atoms with Gasteiger partial charge < -0.3 is 9.84 Å². The molecule has 21 heavy (non-hydrogen) atoms. The first-order chi connectivity index (χ1) is 9.79. The van der Waals surface area contributed by atoms with E-state index < -0.39 is 11.7 Å². The maximum atomic E-state index is 10.6. The standard InChI is InChI=1S/C18H27NO2/c1-17(2)15(16(20)18(3,4)21-17)12-19-10-9-13-7-5-6-8-14(13)11-19/h5-8,15-16,20H,9-12H2,1-4H3. The van der Waals surface area contributed by atoms with E-state index in [2.05, 4.69) is 43.0 Å². The minimum atomic E-state index is -0.456. The molecule has 3 rings (SSSR count). The third-order valence-electron chi connectivity index (χ3n) is 5.18. The third kappa shape index (κ3) is 2.75. The van der Waals surface area contributed by atoms with Crippen LogP contribution in [0.5, 0.6) is 0 Å². The summed E-state index contributed by atoms with van der Waals surface area (Å²) in [5, 5.41) is 10.6. The average molecular weight is 289 g/mol. The van der Waals surface area contributed by atoms with Crippen LogP contribution < -0.4 is 0 Å². The molecule has 3 nitrogen and oxygen atoms in total. The molecule has 1 aromatic carbocycles. The van der Waals surface area contributed by atoms with Gasteiger partial charge >= 0.3 is 0 Å². The SMILES string of the molecule is CC1(C)OC(C)(C)C(CN2CCc3ccccc3C2)C1O. The van der Waals surface area contributed by atoms with Crippen LogP contribution in [0.15, 0.2) is 24.3 Å². The summed E-state index contributed by atoms with van der Waals surface area (Å²) in [6, 6.07) is 8.68. The Morgan fingerprint density at radius 2 is 1.81 bits per heavy atom. The lowest BCUT2D eigenvalue weighted by Gasteiger charge is -2.35. The highest BCUT2D eigenvalue weighted by molar-refractivity contribution is 5.29. The van der Waals surface area contributed by atoms with E-state index in [9.17, 15) is 5.11 Å². The minimum Gasteiger partial charge on any atom is -0.390 e. The molecule has 2 unspecified atom stereocenters. The highest BCUT2D eigenvalue weighted by Gasteiger charge is 2.53. The van der Waals surface area contributed by atoms with E-state index >= 15 is 0 Å². The Morgan fingerprint density at radius 3 is 2.43 bits per heavy atom. The summed E-state index contributed by atoms with van der Waals surface area (Å²) in [4.78, 5) is 2.46. The van der Waals surface area contributed by atoms with Gasteiger partial charge in [-0.15, -0.1) is 0 Å². The summed E-state index contributed by atoms with van der Waals surface area (Å²) in [5.41, 5.74) is 2.16. The van der Waals surface area contributed by atoms with Crippen LogP contribution in [-0.4, -0.2) is 40.4 Å². The summed E-state index contributed by atoms with van der Waals surface area (Å²) < 4.78 is 6.10. The van der Waals surface area contributed by atoms with Crippen LogP contribution in [0.4, 0.5) is 0 Å². The van der Waals surface area contributed by atoms with Gasteiger partial charge in [0.15, 0.2) is 0 Å². The Kier molecular flexibility index (Phi) is 3.63. The Morgan fingerprint density at radius 1 is 1.14 bits per heavy atom. The molecule has 0 aliphatic carbocycles. The second kappa shape index (κ2) is 5.08. The summed E-state index contributed by atoms with van der Waals surface area (Å²) in [6.45, 7) is 11.1. The van der Waals surface area contributed by atoms with E-state index in [4.69, 9.17) is 4.74 Å². The van der Waals surface area contributed by atoms with Crippen LogP contribution in [0.1, 0.15) is 38.8 Å². The monoisotopic (exact) mass is 289 g/mol. The van der Waals surface area contributed by atoms with Gasteiger partial charge in [-0.1, -0.05) is 24.3 Å². The highest BCUT2D eigenvalue weighted by Crippen LogP contribution is 2.42. The van der Waals surface area contributed by atoms with E-state index in [1.54, 1.807) is 0 Å². The third-order valence-corrected chi connectivity index (χ3v) is 5.18. The van der Waals surface area contributed by atoms with Gasteiger partial charge in [-0.25, -0.2) is 0 Å². The van der Waals surface area contributed by atoms with E-state index in [-0.39, 0.29) is 11.5 Å². The Hall–Kier alpha value is -0.900. The summed E-state index contributed by atoms with van der Waals surface area (Å²) in [6.07, 6.45) is 0.689. The van der Waals surface area contributed by atoms with E-state index in [1.807, 2.05) is 13.8 Å². The fourth-order valence-electron chi connectivity index (χ4n) is 3.99. The molecule has 2 aliphatic heterocycles. The number of ether oxygens (including phenoxy) is 1. The lowest BCUT2D eigenvalue weighted by atomic mass is 9.83. The molecular formula is C18H27NO2. The molecule has 116 valence electrons. The first-order valence-electron chi connectivity index (χ1n) is 7.97. The first-order valence-corrected chi connectivity index (χ1v) is 7.97. The second-order valence-corrected chi connectivity index (χ2v) is 7.61. The molecule has 2 aliphatic rings. The molecule has 3 heteroatoms. The topological polar surface area (TPSA) is 32.7 Å². The molecule has 0 radical (unpaired) electrons. The molecule has 0 saturated carbocycles. The number of hydrogen-bond acceptors (Lipinski definition) is 3. The normalized spacial score (nSPS) is 31.1. The largest absolute Gasteiger partial charge is 0.390 e. The zero-order chi connectivity index (χ0) is 15.3. The van der Waals surface area contributed by atoms with Crippen LogP contribution in [0, 0.1) is 5.92 Å². The molecule has 0 aromatic heterocycles. The van der Waals surface area contributed by atoms with Crippen molar-refractivity contribution in [2.75, 3.05) is 13.1 Å². The summed E-state index contributed by atoms with van der Waals surface area (Å²) in [7, 11) is 0. The van der Waals surface area contributed by atoms with Gasteiger partial charge in [-0.3, -0.25) is 4.90 Å². The number of aliphatic hydroxyl groups excluding tert-OH is 1. The van der Waals surface area contributed by atoms with Crippen molar-refractivity contribution in [3.8, 4) is 0 Å². The van der Waals surface area contributed by atoms with Crippen LogP contribution in [-0.2, 0) is 17.7 Å². The maximum absolute atomic E-state index is 10.6. The quantitative estimate of drug-likeness (QED) is 0.908. The van der Waals surface area contributed by atoms with Crippen molar-refractivity contribution in [1.29, 1.82) is 0 Å². The van der Waals surface area contributed by atoms with Crippen LogP contribution in [0.25, 0.3) is 0 Å². The van der Waals surface area contributed by atoms with Crippen molar-refractivity contribution < 1.29 is 9.84 Å². The average Bonchev–Trinajstić information content (AvgIpc) is 2.57. The molecule has 0 spiro atoms. The number of fused-ring (bicyclic) bond motifs is 1. The zero-order valence-electron chi connectivity index (χ0n) is 13.6. The molecule has 0 bridgehead atoms. The van der Waals surface area contributed by atoms with Gasteiger partial charge in [0.1, 0.15) is 0 Å². The van der Waals surface area contributed by atoms with Gasteiger partial charge in [-0.2, -0.15) is 0 Å². The smallest absolute Gasteiger partial charge is 0.0896 e. The predicted molar refractivity (Wildman–Crippen MR) is 84.2 cm³/mol. The molecule has 1 saturated heterocycles. The molecule has 1 fully saturated rings. The molecule has 1 aromatic rings. The number of hydrogen-bond donors (Lipinski definition) is 1. The fourth-order valence-corrected chi connectivity index (χ4v) is 3.99. The number of nitrogens with zero attached hydrogens (tertiary/aromatic N) is 1. The van der Waals surface area contributed by atoms with Gasteiger partial charge in [0.05, 0.1) is 17.3 Å². The van der Waals surface area contributed by atoms with Gasteiger partial charge in [-0.05, 0) is 45.2 Å². The molecule has 1 N–H and O–H groups in total. The van der Waals surface area contributed by atoms with E-state index in [1.165, 1.54) is 11.1 Å². The predicted octanol–water partition coefficient (Wildman–Crippen LogP) is 2.61. The van der Waals surface area contributed by atoms with E-state index in [0.717, 1.165) is 26.1 Å². The summed E-state index contributed by atoms with van der Waals surface area (Å²) >= 11 is 0. The molecule has 0 amide bonds. The van der Waals surface area contributed by atoms with Crippen LogP contribution in [0.3, 0.4) is 0 Å². The zero-order valence-corrected chi connectivity index (χ0v) is 13.6. The van der Waals surface area contributed by atoms with Crippen molar-refractivity contribution in [3.05, 3.63) is 35.4 Å². The lowest BCUT2D eigenvalue weighted by Crippen LogP contribution is -2.44. The maximum Gasteiger partial charge on any atom is 0.0896 e. The summed E-state index contributed by atoms with van der Waals surface area (Å²) in [5.74, 6) is 0.151. The molecule has 2 atom stereocenters. The molecule has 2 heterocycles. The van der Waals surface area contributed by atoms with Gasteiger partial charge in [0, 0.05) is 25.6 Å². The Bertz CT molecular complexity index is 524. The van der Waals surface area contributed by atoms with Crippen LogP contribution in [0.2, 0.25) is 0 Å².